The molecule has 1 aliphatic carbocycles. The van der Waals surface area contributed by atoms with Gasteiger partial charge in [-0.05, 0) is 27.3 Å². The Bertz CT molecular complexity index is 1050. The number of aromatic nitrogens is 4. The number of likely N-dealkylation sites (N-methyl/N-ethyl adjacent to an activating group) is 1. The highest BCUT2D eigenvalue weighted by molar-refractivity contribution is 6.06. The summed E-state index contributed by atoms with van der Waals surface area (Å²) < 4.78 is 1.88. The summed E-state index contributed by atoms with van der Waals surface area (Å²) in [5.41, 5.74) is 3.34. The van der Waals surface area contributed by atoms with E-state index < -0.39 is 12.1 Å². The standard InChI is InChI=1S/C20H24N8O/c1-12-6-4-5-7-15(12)28-16(26-14(8-21)18(22-3)20(28)29)9-27-11-25-17-13(2)23-10-24-19(17)27/h4-6,8,10-11,14-15,18,21-22H,7,9H2,1-3H3. The molecule has 0 spiro atoms. The van der Waals surface area contributed by atoms with E-state index in [1.54, 1.807) is 18.3 Å². The van der Waals surface area contributed by atoms with Crippen molar-refractivity contribution in [2.45, 2.75) is 44.9 Å². The third kappa shape index (κ3) is 3.27. The lowest BCUT2D eigenvalue weighted by atomic mass is 9.95. The molecule has 2 aromatic heterocycles. The minimum atomic E-state index is -0.556. The van der Waals surface area contributed by atoms with Crippen LogP contribution in [0.25, 0.3) is 11.2 Å². The summed E-state index contributed by atoms with van der Waals surface area (Å²) in [6.45, 7) is 4.26. The number of carbonyl (C=O) groups excluding carboxylic acids is 1. The minimum absolute atomic E-state index is 0.0747. The lowest BCUT2D eigenvalue weighted by molar-refractivity contribution is -0.131. The molecule has 0 saturated carbocycles. The van der Waals surface area contributed by atoms with E-state index in [0.29, 0.717) is 18.0 Å². The summed E-state index contributed by atoms with van der Waals surface area (Å²) in [4.78, 5) is 32.9. The number of aliphatic imine (C=N–C) groups is 1. The van der Waals surface area contributed by atoms with Crippen molar-refractivity contribution >= 4 is 29.1 Å². The Labute approximate surface area is 168 Å². The van der Waals surface area contributed by atoms with E-state index in [4.69, 9.17) is 10.4 Å². The maximum Gasteiger partial charge on any atom is 0.248 e. The monoisotopic (exact) mass is 392 g/mol. The van der Waals surface area contributed by atoms with Gasteiger partial charge < -0.3 is 15.3 Å². The van der Waals surface area contributed by atoms with Gasteiger partial charge >= 0.3 is 0 Å². The van der Waals surface area contributed by atoms with Crippen LogP contribution in [0.2, 0.25) is 0 Å². The highest BCUT2D eigenvalue weighted by Crippen LogP contribution is 2.25. The Morgan fingerprint density at radius 1 is 1.31 bits per heavy atom. The van der Waals surface area contributed by atoms with Gasteiger partial charge in [-0.15, -0.1) is 0 Å². The average molecular weight is 392 g/mol. The number of nitrogens with zero attached hydrogens (tertiary/aromatic N) is 6. The molecule has 3 unspecified atom stereocenters. The molecule has 1 aliphatic heterocycles. The van der Waals surface area contributed by atoms with Crippen LogP contribution in [-0.2, 0) is 11.3 Å². The van der Waals surface area contributed by atoms with E-state index >= 15 is 0 Å². The second-order valence-corrected chi connectivity index (χ2v) is 7.27. The fourth-order valence-electron chi connectivity index (χ4n) is 3.91. The van der Waals surface area contributed by atoms with Crippen molar-refractivity contribution in [2.24, 2.45) is 4.99 Å². The van der Waals surface area contributed by atoms with Gasteiger partial charge in [-0.1, -0.05) is 23.8 Å². The number of nitrogens with one attached hydrogen (secondary N) is 2. The lowest BCUT2D eigenvalue weighted by Crippen LogP contribution is -2.61. The maximum absolute atomic E-state index is 13.4. The van der Waals surface area contributed by atoms with E-state index in [1.807, 2.05) is 30.6 Å². The molecular formula is C20H24N8O. The van der Waals surface area contributed by atoms with Crippen LogP contribution in [0.4, 0.5) is 0 Å². The normalized spacial score (nSPS) is 24.6. The summed E-state index contributed by atoms with van der Waals surface area (Å²) in [5.74, 6) is 0.535. The Balaban J connectivity index is 1.78. The first kappa shape index (κ1) is 19.1. The molecule has 0 fully saturated rings. The minimum Gasteiger partial charge on any atom is -0.311 e. The topological polar surface area (TPSA) is 112 Å². The molecular weight excluding hydrogens is 368 g/mol. The number of hydrogen-bond donors (Lipinski definition) is 2. The molecule has 0 aromatic carbocycles. The Hall–Kier alpha value is -3.20. The Morgan fingerprint density at radius 3 is 2.86 bits per heavy atom. The summed E-state index contributed by atoms with van der Waals surface area (Å²) in [5, 5.41) is 10.8. The molecule has 9 nitrogen and oxygen atoms in total. The molecule has 1 amide bonds. The Morgan fingerprint density at radius 2 is 2.14 bits per heavy atom. The van der Waals surface area contributed by atoms with Gasteiger partial charge in [0.1, 0.15) is 29.8 Å². The number of carbonyl (C=O) groups is 1. The third-order valence-corrected chi connectivity index (χ3v) is 5.49. The number of imidazole rings is 1. The largest absolute Gasteiger partial charge is 0.311 e. The molecule has 2 aliphatic rings. The SMILES string of the molecule is CNC1C(=O)N(C2CC=CC=C2C)C(Cn2cnc3c(C)ncnc32)=NC1C=N. The fraction of sp³-hybridized carbons (Fsp3) is 0.400. The van der Waals surface area contributed by atoms with Crippen LogP contribution in [0.3, 0.4) is 0 Å². The van der Waals surface area contributed by atoms with E-state index in [-0.39, 0.29) is 11.9 Å². The number of allylic oxidation sites excluding steroid dienone is 2. The average Bonchev–Trinajstić information content (AvgIpc) is 3.13. The molecule has 3 heterocycles. The predicted molar refractivity (Wildman–Crippen MR) is 111 cm³/mol. The summed E-state index contributed by atoms with van der Waals surface area (Å²) in [6, 6.07) is -1.20. The zero-order chi connectivity index (χ0) is 20.5. The zero-order valence-electron chi connectivity index (χ0n) is 16.7. The van der Waals surface area contributed by atoms with E-state index in [9.17, 15) is 4.79 Å². The summed E-state index contributed by atoms with van der Waals surface area (Å²) >= 11 is 0. The molecule has 9 heteroatoms. The van der Waals surface area contributed by atoms with Gasteiger partial charge in [-0.3, -0.25) is 14.7 Å². The number of amidine groups is 1. The van der Waals surface area contributed by atoms with E-state index in [0.717, 1.165) is 23.2 Å². The number of hydrogen-bond acceptors (Lipinski definition) is 7. The summed E-state index contributed by atoms with van der Waals surface area (Å²) in [6.07, 6.45) is 11.3. The molecule has 150 valence electrons. The third-order valence-electron chi connectivity index (χ3n) is 5.49. The number of aryl methyl sites for hydroxylation is 1. The van der Waals surface area contributed by atoms with Crippen LogP contribution in [0.1, 0.15) is 19.0 Å². The van der Waals surface area contributed by atoms with Crippen LogP contribution in [-0.4, -0.2) is 67.5 Å². The van der Waals surface area contributed by atoms with Crippen LogP contribution in [0.15, 0.2) is 41.4 Å². The molecule has 0 radical (unpaired) electrons. The molecule has 2 aromatic rings. The van der Waals surface area contributed by atoms with Gasteiger partial charge in [0, 0.05) is 6.21 Å². The van der Waals surface area contributed by atoms with Crippen molar-refractivity contribution in [3.05, 3.63) is 42.1 Å². The van der Waals surface area contributed by atoms with Crippen LogP contribution >= 0.6 is 0 Å². The molecule has 0 bridgehead atoms. The number of amides is 1. The predicted octanol–water partition coefficient (Wildman–Crippen LogP) is 1.26. The van der Waals surface area contributed by atoms with Gasteiger partial charge in [0.05, 0.1) is 24.6 Å². The van der Waals surface area contributed by atoms with Crippen molar-refractivity contribution < 1.29 is 4.79 Å². The fourth-order valence-corrected chi connectivity index (χ4v) is 3.91. The quantitative estimate of drug-likeness (QED) is 0.744. The van der Waals surface area contributed by atoms with Gasteiger partial charge in [0.25, 0.3) is 0 Å². The smallest absolute Gasteiger partial charge is 0.248 e. The highest BCUT2D eigenvalue weighted by Gasteiger charge is 2.40. The van der Waals surface area contributed by atoms with Gasteiger partial charge in [-0.25, -0.2) is 15.0 Å². The van der Waals surface area contributed by atoms with Crippen molar-refractivity contribution in [3.8, 4) is 0 Å². The molecule has 4 rings (SSSR count). The van der Waals surface area contributed by atoms with Crippen LogP contribution in [0.5, 0.6) is 0 Å². The first-order chi connectivity index (χ1) is 14.0. The first-order valence-electron chi connectivity index (χ1n) is 9.58. The molecule has 0 saturated heterocycles. The van der Waals surface area contributed by atoms with Gasteiger partial charge in [0.2, 0.25) is 5.91 Å². The molecule has 29 heavy (non-hydrogen) atoms. The highest BCUT2D eigenvalue weighted by atomic mass is 16.2. The zero-order valence-corrected chi connectivity index (χ0v) is 16.7. The second-order valence-electron chi connectivity index (χ2n) is 7.27. The number of rotatable bonds is 5. The van der Waals surface area contributed by atoms with Crippen LogP contribution < -0.4 is 5.32 Å². The molecule has 2 N–H and O–H groups in total. The van der Waals surface area contributed by atoms with E-state index in [2.05, 4.69) is 26.3 Å². The maximum atomic E-state index is 13.4. The van der Waals surface area contributed by atoms with Crippen molar-refractivity contribution in [1.29, 1.82) is 5.41 Å². The van der Waals surface area contributed by atoms with E-state index in [1.165, 1.54) is 12.5 Å². The second kappa shape index (κ2) is 7.67. The summed E-state index contributed by atoms with van der Waals surface area (Å²) in [7, 11) is 1.73. The first-order valence-corrected chi connectivity index (χ1v) is 9.58. The van der Waals surface area contributed by atoms with Gasteiger partial charge in [0.15, 0.2) is 5.65 Å². The van der Waals surface area contributed by atoms with Crippen molar-refractivity contribution in [2.75, 3.05) is 7.05 Å². The molecule has 3 atom stereocenters. The Kier molecular flexibility index (Phi) is 5.06. The van der Waals surface area contributed by atoms with Crippen molar-refractivity contribution in [1.82, 2.24) is 29.7 Å². The lowest BCUT2D eigenvalue weighted by Gasteiger charge is -2.40. The van der Waals surface area contributed by atoms with Crippen LogP contribution in [0, 0.1) is 12.3 Å². The number of fused-ring (bicyclic) bond motifs is 1. The van der Waals surface area contributed by atoms with Crippen molar-refractivity contribution in [3.63, 3.8) is 0 Å². The van der Waals surface area contributed by atoms with Gasteiger partial charge in [-0.2, -0.15) is 0 Å².